The molecule has 0 bridgehead atoms. The molecule has 0 fully saturated rings. The molecule has 406 valence electrons. The Kier molecular flexibility index (Phi) is 49.9. The van der Waals surface area contributed by atoms with Gasteiger partial charge in [-0.05, 0) is 77.0 Å². The summed E-state index contributed by atoms with van der Waals surface area (Å²) in [6.45, 7) is 4.51. The number of allylic oxidation sites excluding steroid dienone is 13. The van der Waals surface area contributed by atoms with E-state index in [4.69, 9.17) is 9.05 Å². The van der Waals surface area contributed by atoms with Crippen LogP contribution in [0.4, 0.5) is 0 Å². The van der Waals surface area contributed by atoms with Crippen LogP contribution in [0, 0.1) is 0 Å². The van der Waals surface area contributed by atoms with Crippen molar-refractivity contribution < 1.29 is 32.9 Å². The normalized spacial score (nSPS) is 14.6. The van der Waals surface area contributed by atoms with Crippen molar-refractivity contribution >= 4 is 13.7 Å². The van der Waals surface area contributed by atoms with Gasteiger partial charge in [-0.1, -0.05) is 247 Å². The lowest BCUT2D eigenvalue weighted by atomic mass is 10.0. The highest BCUT2D eigenvalue weighted by atomic mass is 31.2. The molecule has 0 aromatic carbocycles. The molecule has 0 rings (SSSR count). The van der Waals surface area contributed by atoms with Crippen LogP contribution >= 0.6 is 7.82 Å². The highest BCUT2D eigenvalue weighted by Crippen LogP contribution is 2.38. The van der Waals surface area contributed by atoms with E-state index in [1.807, 2.05) is 27.2 Å². The largest absolute Gasteiger partial charge is 0.756 e. The fraction of sp³-hybridized carbons (Fsp3) is 0.754. The van der Waals surface area contributed by atoms with Gasteiger partial charge in [-0.15, -0.1) is 0 Å². The van der Waals surface area contributed by atoms with Crippen LogP contribution in [0.25, 0.3) is 0 Å². The Morgan fingerprint density at radius 2 is 0.886 bits per heavy atom. The fourth-order valence-corrected chi connectivity index (χ4v) is 8.80. The molecule has 0 aliphatic heterocycles. The van der Waals surface area contributed by atoms with Crippen LogP contribution < -0.4 is 10.2 Å². The molecular formula is C61H111N2O6P. The second kappa shape index (κ2) is 51.6. The molecule has 3 unspecified atom stereocenters. The predicted molar refractivity (Wildman–Crippen MR) is 302 cm³/mol. The summed E-state index contributed by atoms with van der Waals surface area (Å²) in [4.78, 5) is 25.5. The molecule has 0 aliphatic rings. The van der Waals surface area contributed by atoms with Crippen molar-refractivity contribution in [1.82, 2.24) is 5.32 Å². The highest BCUT2D eigenvalue weighted by Gasteiger charge is 2.23. The molecule has 3 atom stereocenters. The zero-order valence-corrected chi connectivity index (χ0v) is 47.1. The number of likely N-dealkylation sites (N-methyl/N-ethyl adjacent to an activating group) is 1. The number of hydrogen-bond acceptors (Lipinski definition) is 6. The topological polar surface area (TPSA) is 108 Å². The molecule has 0 aromatic rings. The third-order valence-electron chi connectivity index (χ3n) is 12.6. The van der Waals surface area contributed by atoms with Gasteiger partial charge in [-0.3, -0.25) is 9.36 Å². The van der Waals surface area contributed by atoms with Gasteiger partial charge in [0.2, 0.25) is 5.91 Å². The SMILES string of the molecule is CC/C=C\C/C=C\C/C=C\C/C=C\C/C=C\CCCCCCCCCCCCCCCCCCCC(=O)NC(COP(=O)([O-])OCC[N+](C)(C)C)C(O)/C=C/CC/C=C/CCCCCCCCCCC. The zero-order valence-electron chi connectivity index (χ0n) is 46.2. The number of aliphatic hydroxyl groups excluding tert-OH is 1. The number of phosphoric ester groups is 1. The van der Waals surface area contributed by atoms with Crippen molar-refractivity contribution in [2.24, 2.45) is 0 Å². The lowest BCUT2D eigenvalue weighted by Gasteiger charge is -2.29. The van der Waals surface area contributed by atoms with E-state index in [2.05, 4.69) is 92.1 Å². The molecule has 0 heterocycles. The number of quaternary nitrogens is 1. The molecule has 0 aromatic heterocycles. The molecule has 0 radical (unpaired) electrons. The van der Waals surface area contributed by atoms with Crippen molar-refractivity contribution in [2.75, 3.05) is 40.9 Å². The number of aliphatic hydroxyl groups is 1. The molecule has 8 nitrogen and oxygen atoms in total. The molecule has 0 saturated carbocycles. The average molecular weight is 1000 g/mol. The van der Waals surface area contributed by atoms with Gasteiger partial charge in [0.1, 0.15) is 13.2 Å². The van der Waals surface area contributed by atoms with Crippen molar-refractivity contribution in [3.63, 3.8) is 0 Å². The minimum absolute atomic E-state index is 0.00824. The third kappa shape index (κ3) is 53.5. The standard InChI is InChI=1S/C61H111N2O6P/c1-6-8-10-12-14-16-18-20-22-23-24-25-26-27-28-29-30-31-32-33-34-35-36-37-38-39-41-43-45-47-49-51-53-55-61(65)62-59(58-69-70(66,67)68-57-56-63(3,4)5)60(64)54-52-50-48-46-44-42-40-21-19-17-15-13-11-9-7-2/h8,10,14,16,20,22,24-25,27-28,44,46,52,54,59-60,64H,6-7,9,11-13,15,17-19,21,23,26,29-43,45,47-51,53,55-58H2,1-5H3,(H-,62,65,66,67)/b10-8-,16-14-,22-20-,25-24-,28-27-,46-44+,54-52+. The van der Waals surface area contributed by atoms with E-state index >= 15 is 0 Å². The van der Waals surface area contributed by atoms with Gasteiger partial charge < -0.3 is 28.8 Å². The van der Waals surface area contributed by atoms with E-state index in [1.165, 1.54) is 154 Å². The summed E-state index contributed by atoms with van der Waals surface area (Å²) in [5, 5.41) is 13.8. The summed E-state index contributed by atoms with van der Waals surface area (Å²) in [6, 6.07) is -0.906. The maximum atomic E-state index is 12.9. The summed E-state index contributed by atoms with van der Waals surface area (Å²) in [5.74, 6) is -0.208. The number of carbonyl (C=O) groups excluding carboxylic acids is 1. The number of hydrogen-bond donors (Lipinski definition) is 2. The molecule has 2 N–H and O–H groups in total. The van der Waals surface area contributed by atoms with Crippen LogP contribution in [-0.2, 0) is 18.4 Å². The van der Waals surface area contributed by atoms with Gasteiger partial charge in [0.05, 0.1) is 39.9 Å². The number of nitrogens with zero attached hydrogens (tertiary/aromatic N) is 1. The van der Waals surface area contributed by atoms with E-state index < -0.39 is 26.6 Å². The fourth-order valence-electron chi connectivity index (χ4n) is 8.08. The minimum Gasteiger partial charge on any atom is -0.756 e. The first-order valence-corrected chi connectivity index (χ1v) is 30.4. The average Bonchev–Trinajstić information content (AvgIpc) is 3.32. The first-order chi connectivity index (χ1) is 34.0. The summed E-state index contributed by atoms with van der Waals surface area (Å²) in [7, 11) is 1.24. The van der Waals surface area contributed by atoms with Gasteiger partial charge in [-0.2, -0.15) is 0 Å². The van der Waals surface area contributed by atoms with Gasteiger partial charge in [0, 0.05) is 6.42 Å². The van der Waals surface area contributed by atoms with Crippen LogP contribution in [0.1, 0.15) is 245 Å². The number of nitrogens with one attached hydrogen (secondary N) is 1. The molecule has 0 aliphatic carbocycles. The monoisotopic (exact) mass is 999 g/mol. The van der Waals surface area contributed by atoms with Crippen LogP contribution in [0.5, 0.6) is 0 Å². The third-order valence-corrected chi connectivity index (χ3v) is 13.6. The van der Waals surface area contributed by atoms with E-state index in [-0.39, 0.29) is 12.5 Å². The number of amides is 1. The van der Waals surface area contributed by atoms with Crippen molar-refractivity contribution in [2.45, 2.75) is 257 Å². The van der Waals surface area contributed by atoms with E-state index in [0.717, 1.165) is 70.6 Å². The molecular weight excluding hydrogens is 888 g/mol. The minimum atomic E-state index is -4.60. The van der Waals surface area contributed by atoms with Gasteiger partial charge in [-0.25, -0.2) is 0 Å². The Morgan fingerprint density at radius 1 is 0.514 bits per heavy atom. The number of carbonyl (C=O) groups is 1. The van der Waals surface area contributed by atoms with Gasteiger partial charge in [0.15, 0.2) is 0 Å². The van der Waals surface area contributed by atoms with E-state index in [9.17, 15) is 19.4 Å². The predicted octanol–water partition coefficient (Wildman–Crippen LogP) is 17.0. The van der Waals surface area contributed by atoms with Gasteiger partial charge >= 0.3 is 0 Å². The first-order valence-electron chi connectivity index (χ1n) is 28.9. The number of phosphoric acid groups is 1. The van der Waals surface area contributed by atoms with Crippen molar-refractivity contribution in [1.29, 1.82) is 0 Å². The Hall–Kier alpha value is -2.32. The van der Waals surface area contributed by atoms with Gasteiger partial charge in [0.25, 0.3) is 7.82 Å². The second-order valence-electron chi connectivity index (χ2n) is 20.6. The molecule has 9 heteroatoms. The summed E-state index contributed by atoms with van der Waals surface area (Å²) >= 11 is 0. The van der Waals surface area contributed by atoms with Crippen LogP contribution in [0.3, 0.4) is 0 Å². The van der Waals surface area contributed by atoms with E-state index in [0.29, 0.717) is 17.4 Å². The van der Waals surface area contributed by atoms with E-state index in [1.54, 1.807) is 6.08 Å². The Labute approximate surface area is 433 Å². The smallest absolute Gasteiger partial charge is 0.268 e. The van der Waals surface area contributed by atoms with Crippen LogP contribution in [0.2, 0.25) is 0 Å². The molecule has 1 amide bonds. The first kappa shape index (κ1) is 67.7. The molecule has 0 saturated heterocycles. The molecule has 0 spiro atoms. The quantitative estimate of drug-likeness (QED) is 0.0272. The maximum Gasteiger partial charge on any atom is 0.268 e. The number of rotatable bonds is 52. The van der Waals surface area contributed by atoms with Crippen LogP contribution in [-0.4, -0.2) is 68.5 Å². The highest BCUT2D eigenvalue weighted by molar-refractivity contribution is 7.45. The maximum absolute atomic E-state index is 12.9. The lowest BCUT2D eigenvalue weighted by molar-refractivity contribution is -0.870. The molecule has 70 heavy (non-hydrogen) atoms. The van der Waals surface area contributed by atoms with Crippen molar-refractivity contribution in [3.05, 3.63) is 85.1 Å². The Balaban J connectivity index is 4.10. The Morgan fingerprint density at radius 3 is 1.33 bits per heavy atom. The summed E-state index contributed by atoms with van der Waals surface area (Å²) in [5.41, 5.74) is 0. The summed E-state index contributed by atoms with van der Waals surface area (Å²) in [6.07, 6.45) is 72.4. The lowest BCUT2D eigenvalue weighted by Crippen LogP contribution is -2.45. The van der Waals surface area contributed by atoms with Crippen molar-refractivity contribution in [3.8, 4) is 0 Å². The van der Waals surface area contributed by atoms with Crippen LogP contribution in [0.15, 0.2) is 85.1 Å². The second-order valence-corrected chi connectivity index (χ2v) is 22.0. The summed E-state index contributed by atoms with van der Waals surface area (Å²) < 4.78 is 23.3. The Bertz CT molecular complexity index is 1410. The zero-order chi connectivity index (χ0) is 51.3. The number of unbranched alkanes of at least 4 members (excludes halogenated alkanes) is 27.